The molecule has 0 unspecified atom stereocenters. The largest absolute Gasteiger partial charge is 0.333 e. The van der Waals surface area contributed by atoms with E-state index in [0.29, 0.717) is 17.2 Å². The maximum Gasteiger partial charge on any atom is 0.256 e. The van der Waals surface area contributed by atoms with E-state index >= 15 is 0 Å². The highest BCUT2D eigenvalue weighted by atomic mass is 19.1. The fraction of sp³-hybridized carbons (Fsp3) is 0.364. The van der Waals surface area contributed by atoms with E-state index < -0.39 is 0 Å². The van der Waals surface area contributed by atoms with Crippen molar-refractivity contribution in [3.63, 3.8) is 0 Å². The van der Waals surface area contributed by atoms with Crippen LogP contribution in [0.4, 0.5) is 10.1 Å². The number of carbonyl (C=O) groups excluding carboxylic acids is 2. The smallest absolute Gasteiger partial charge is 0.256 e. The molecule has 4 rings (SSSR count). The topological polar surface area (TPSA) is 49.4 Å². The van der Waals surface area contributed by atoms with Crippen molar-refractivity contribution in [3.05, 3.63) is 65.5 Å². The summed E-state index contributed by atoms with van der Waals surface area (Å²) in [5.41, 5.74) is 2.26. The molecule has 0 spiro atoms. The molecule has 2 fully saturated rings. The molecule has 2 aromatic carbocycles. The van der Waals surface area contributed by atoms with E-state index in [2.05, 4.69) is 5.32 Å². The summed E-state index contributed by atoms with van der Waals surface area (Å²) in [7, 11) is 0. The molecule has 2 aliphatic heterocycles. The lowest BCUT2D eigenvalue weighted by Gasteiger charge is -2.39. The summed E-state index contributed by atoms with van der Waals surface area (Å²) in [4.78, 5) is 26.8. The number of anilines is 1. The van der Waals surface area contributed by atoms with Gasteiger partial charge in [0.25, 0.3) is 5.91 Å². The maximum atomic E-state index is 13.3. The van der Waals surface area contributed by atoms with Gasteiger partial charge in [-0.15, -0.1) is 0 Å². The van der Waals surface area contributed by atoms with Gasteiger partial charge < -0.3 is 10.2 Å². The van der Waals surface area contributed by atoms with Crippen molar-refractivity contribution < 1.29 is 14.0 Å². The average Bonchev–Trinajstić information content (AvgIpc) is 2.91. The number of hydrogen-bond donors (Lipinski definition) is 1. The first-order valence-corrected chi connectivity index (χ1v) is 9.47. The minimum atomic E-state index is -0.219. The Morgan fingerprint density at radius 2 is 1.63 bits per heavy atom. The molecule has 140 valence electrons. The lowest BCUT2D eigenvalue weighted by Crippen LogP contribution is -2.46. The number of hydrogen-bond acceptors (Lipinski definition) is 2. The molecule has 0 radical (unpaired) electrons. The summed E-state index contributed by atoms with van der Waals surface area (Å²) in [6, 6.07) is 14.3. The van der Waals surface area contributed by atoms with Gasteiger partial charge in [0.1, 0.15) is 5.82 Å². The molecule has 2 bridgehead atoms. The second-order valence-electron chi connectivity index (χ2n) is 7.54. The van der Waals surface area contributed by atoms with Crippen LogP contribution in [0.15, 0.2) is 48.5 Å². The number of nitrogens with zero attached hydrogens (tertiary/aromatic N) is 1. The van der Waals surface area contributed by atoms with E-state index in [9.17, 15) is 14.0 Å². The van der Waals surface area contributed by atoms with Crippen LogP contribution in [-0.4, -0.2) is 28.8 Å². The van der Waals surface area contributed by atoms with Gasteiger partial charge in [0.05, 0.1) is 11.3 Å². The molecule has 2 saturated heterocycles. The van der Waals surface area contributed by atoms with E-state index in [0.717, 1.165) is 31.2 Å². The highest BCUT2D eigenvalue weighted by molar-refractivity contribution is 6.03. The molecule has 0 aliphatic carbocycles. The van der Waals surface area contributed by atoms with Gasteiger partial charge in [-0.25, -0.2) is 4.39 Å². The molecule has 4 nitrogen and oxygen atoms in total. The Morgan fingerprint density at radius 1 is 1.00 bits per heavy atom. The molecule has 2 heterocycles. The lowest BCUT2D eigenvalue weighted by atomic mass is 9.84. The fourth-order valence-electron chi connectivity index (χ4n) is 4.62. The van der Waals surface area contributed by atoms with Crippen LogP contribution in [0.2, 0.25) is 0 Å². The van der Waals surface area contributed by atoms with E-state index in [1.165, 1.54) is 19.1 Å². The summed E-state index contributed by atoms with van der Waals surface area (Å²) in [6.45, 7) is 1.44. The van der Waals surface area contributed by atoms with Crippen molar-refractivity contribution >= 4 is 17.5 Å². The van der Waals surface area contributed by atoms with Crippen LogP contribution in [0.5, 0.6) is 0 Å². The Hall–Kier alpha value is -2.69. The van der Waals surface area contributed by atoms with Gasteiger partial charge in [0.15, 0.2) is 0 Å². The van der Waals surface area contributed by atoms with Gasteiger partial charge in [-0.05, 0) is 61.4 Å². The second kappa shape index (κ2) is 7.14. The van der Waals surface area contributed by atoms with Gasteiger partial charge in [0.2, 0.25) is 5.91 Å². The van der Waals surface area contributed by atoms with Gasteiger partial charge in [-0.3, -0.25) is 9.59 Å². The van der Waals surface area contributed by atoms with Gasteiger partial charge in [0, 0.05) is 19.0 Å². The monoisotopic (exact) mass is 366 g/mol. The molecule has 27 heavy (non-hydrogen) atoms. The lowest BCUT2D eigenvalue weighted by molar-refractivity contribution is -0.114. The molecular formula is C22H23FN2O2. The molecule has 0 saturated carbocycles. The van der Waals surface area contributed by atoms with E-state index in [4.69, 9.17) is 0 Å². The first-order valence-electron chi connectivity index (χ1n) is 9.47. The average molecular weight is 366 g/mol. The number of carbonyl (C=O) groups is 2. The Morgan fingerprint density at radius 3 is 2.26 bits per heavy atom. The van der Waals surface area contributed by atoms with Gasteiger partial charge in [-0.2, -0.15) is 0 Å². The molecule has 2 amide bonds. The van der Waals surface area contributed by atoms with E-state index in [1.54, 1.807) is 12.1 Å². The predicted octanol–water partition coefficient (Wildman–Crippen LogP) is 4.33. The van der Waals surface area contributed by atoms with Gasteiger partial charge in [-0.1, -0.05) is 24.3 Å². The molecule has 3 atom stereocenters. The number of benzene rings is 2. The Bertz CT molecular complexity index is 851. The minimum absolute atomic E-state index is 0.00981. The van der Waals surface area contributed by atoms with Crippen LogP contribution in [0, 0.1) is 5.82 Å². The third-order valence-corrected chi connectivity index (χ3v) is 5.78. The van der Waals surface area contributed by atoms with E-state index in [1.807, 2.05) is 29.2 Å². The number of nitrogens with one attached hydrogen (secondary N) is 1. The molecular weight excluding hydrogens is 343 g/mol. The summed E-state index contributed by atoms with van der Waals surface area (Å²) >= 11 is 0. The Labute approximate surface area is 158 Å². The zero-order chi connectivity index (χ0) is 19.0. The Kier molecular flexibility index (Phi) is 4.68. The van der Waals surface area contributed by atoms with Crippen molar-refractivity contribution in [1.82, 2.24) is 4.90 Å². The standard InChI is InChI=1S/C22H23FN2O2/c1-14(26)24-21-5-3-2-4-20(21)22(27)25-18-10-11-19(25)13-16(12-18)15-6-8-17(23)9-7-15/h2-9,16,18-19H,10-13H2,1H3,(H,24,26)/t16-,18+,19-. The van der Waals surface area contributed by atoms with Crippen LogP contribution in [-0.2, 0) is 4.79 Å². The Balaban J connectivity index is 1.56. The molecule has 1 N–H and O–H groups in total. The molecule has 5 heteroatoms. The normalized spacial score (nSPS) is 23.9. The first kappa shape index (κ1) is 17.7. The number of halogens is 1. The number of rotatable bonds is 3. The summed E-state index contributed by atoms with van der Waals surface area (Å²) in [5, 5.41) is 2.76. The predicted molar refractivity (Wildman–Crippen MR) is 102 cm³/mol. The van der Waals surface area contributed by atoms with Crippen molar-refractivity contribution in [2.45, 2.75) is 50.6 Å². The zero-order valence-corrected chi connectivity index (χ0v) is 15.3. The number of amides is 2. The number of piperidine rings is 1. The molecule has 2 aromatic rings. The van der Waals surface area contributed by atoms with E-state index in [-0.39, 0.29) is 29.7 Å². The fourth-order valence-corrected chi connectivity index (χ4v) is 4.62. The zero-order valence-electron chi connectivity index (χ0n) is 15.3. The third-order valence-electron chi connectivity index (χ3n) is 5.78. The van der Waals surface area contributed by atoms with Gasteiger partial charge >= 0.3 is 0 Å². The summed E-state index contributed by atoms with van der Waals surface area (Å²) in [5.74, 6) is -0.0562. The molecule has 2 aliphatic rings. The quantitative estimate of drug-likeness (QED) is 0.879. The minimum Gasteiger partial charge on any atom is -0.333 e. The summed E-state index contributed by atoms with van der Waals surface area (Å²) < 4.78 is 13.2. The van der Waals surface area contributed by atoms with Crippen LogP contribution in [0.3, 0.4) is 0 Å². The van der Waals surface area contributed by atoms with Crippen LogP contribution < -0.4 is 5.32 Å². The highest BCUT2D eigenvalue weighted by Gasteiger charge is 2.44. The second-order valence-corrected chi connectivity index (χ2v) is 7.54. The summed E-state index contributed by atoms with van der Waals surface area (Å²) in [6.07, 6.45) is 3.79. The van der Waals surface area contributed by atoms with Crippen molar-refractivity contribution in [2.24, 2.45) is 0 Å². The van der Waals surface area contributed by atoms with Crippen molar-refractivity contribution in [1.29, 1.82) is 0 Å². The van der Waals surface area contributed by atoms with Crippen LogP contribution >= 0.6 is 0 Å². The van der Waals surface area contributed by atoms with Crippen molar-refractivity contribution in [3.8, 4) is 0 Å². The first-order chi connectivity index (χ1) is 13.0. The maximum absolute atomic E-state index is 13.3. The van der Waals surface area contributed by atoms with Crippen LogP contribution in [0.25, 0.3) is 0 Å². The molecule has 0 aromatic heterocycles. The SMILES string of the molecule is CC(=O)Nc1ccccc1C(=O)N1[C@@H]2CC[C@H]1C[C@@H](c1ccc(F)cc1)C2. The third kappa shape index (κ3) is 3.46. The highest BCUT2D eigenvalue weighted by Crippen LogP contribution is 2.44. The number of fused-ring (bicyclic) bond motifs is 2. The van der Waals surface area contributed by atoms with Crippen molar-refractivity contribution in [2.75, 3.05) is 5.32 Å². The van der Waals surface area contributed by atoms with Crippen LogP contribution in [0.1, 0.15) is 54.4 Å². The number of para-hydroxylation sites is 1.